The second-order valence-corrected chi connectivity index (χ2v) is 4.76. The average molecular weight is 292 g/mol. The molecule has 0 aliphatic carbocycles. The summed E-state index contributed by atoms with van der Waals surface area (Å²) >= 11 is 0. The Balaban J connectivity index is 1.95. The van der Waals surface area contributed by atoms with Crippen LogP contribution in [-0.2, 0) is 14.4 Å². The Labute approximate surface area is 121 Å². The van der Waals surface area contributed by atoms with E-state index in [0.29, 0.717) is 11.4 Å². The average Bonchev–Trinajstić information content (AvgIpc) is 2.45. The molecule has 1 aliphatic rings. The Kier molecular flexibility index (Phi) is 4.42. The van der Waals surface area contributed by atoms with Crippen molar-refractivity contribution in [2.24, 2.45) is 0 Å². The van der Waals surface area contributed by atoms with E-state index in [9.17, 15) is 14.4 Å². The molecule has 7 nitrogen and oxygen atoms in total. The van der Waals surface area contributed by atoms with Crippen LogP contribution in [0.15, 0.2) is 24.3 Å². The summed E-state index contributed by atoms with van der Waals surface area (Å²) in [6.45, 7) is 0.0963. The molecule has 21 heavy (non-hydrogen) atoms. The summed E-state index contributed by atoms with van der Waals surface area (Å²) < 4.78 is 5.51. The van der Waals surface area contributed by atoms with E-state index in [1.165, 1.54) is 11.9 Å². The Morgan fingerprint density at radius 2 is 2.10 bits per heavy atom. The van der Waals surface area contributed by atoms with Crippen molar-refractivity contribution in [2.75, 3.05) is 18.9 Å². The first kappa shape index (κ1) is 14.8. The van der Waals surface area contributed by atoms with Gasteiger partial charge in [-0.05, 0) is 12.1 Å². The van der Waals surface area contributed by atoms with E-state index in [4.69, 9.17) is 9.84 Å². The van der Waals surface area contributed by atoms with Crippen LogP contribution < -0.4 is 10.1 Å². The highest BCUT2D eigenvalue weighted by Gasteiger charge is 2.30. The van der Waals surface area contributed by atoms with Gasteiger partial charge in [-0.15, -0.1) is 0 Å². The Bertz CT molecular complexity index is 572. The van der Waals surface area contributed by atoms with Gasteiger partial charge in [-0.25, -0.2) is 0 Å². The number of nitrogens with one attached hydrogen (secondary N) is 1. The molecule has 0 aromatic heterocycles. The fraction of sp³-hybridized carbons (Fsp3) is 0.357. The maximum atomic E-state index is 12.0. The SMILES string of the molecule is CN(CCC(=O)O)C(=O)CC1Oc2ccccc2NC1=O. The number of anilines is 1. The Hall–Kier alpha value is -2.57. The van der Waals surface area contributed by atoms with Crippen molar-refractivity contribution < 1.29 is 24.2 Å². The second-order valence-electron chi connectivity index (χ2n) is 4.76. The molecular formula is C14H16N2O5. The van der Waals surface area contributed by atoms with Crippen molar-refractivity contribution in [1.82, 2.24) is 4.90 Å². The van der Waals surface area contributed by atoms with E-state index in [0.717, 1.165) is 0 Å². The summed E-state index contributed by atoms with van der Waals surface area (Å²) in [4.78, 5) is 35.6. The summed E-state index contributed by atoms with van der Waals surface area (Å²) in [5.41, 5.74) is 0.574. The minimum atomic E-state index is -0.977. The van der Waals surface area contributed by atoms with E-state index in [1.807, 2.05) is 0 Å². The quantitative estimate of drug-likeness (QED) is 0.833. The van der Waals surface area contributed by atoms with Crippen molar-refractivity contribution in [3.05, 3.63) is 24.3 Å². The van der Waals surface area contributed by atoms with Gasteiger partial charge in [0, 0.05) is 13.6 Å². The van der Waals surface area contributed by atoms with Crippen LogP contribution in [0.5, 0.6) is 5.75 Å². The molecule has 1 heterocycles. The van der Waals surface area contributed by atoms with Gasteiger partial charge in [0.05, 0.1) is 18.5 Å². The largest absolute Gasteiger partial charge is 0.481 e. The molecule has 0 saturated carbocycles. The molecule has 0 saturated heterocycles. The smallest absolute Gasteiger partial charge is 0.305 e. The first-order valence-corrected chi connectivity index (χ1v) is 6.49. The number of carboxylic acid groups (broad SMARTS) is 1. The number of hydrogen-bond donors (Lipinski definition) is 2. The lowest BCUT2D eigenvalue weighted by Crippen LogP contribution is -2.41. The summed E-state index contributed by atoms with van der Waals surface area (Å²) in [5, 5.41) is 11.3. The van der Waals surface area contributed by atoms with Crippen LogP contribution in [0.2, 0.25) is 0 Å². The first-order chi connectivity index (χ1) is 9.97. The van der Waals surface area contributed by atoms with Crippen LogP contribution in [-0.4, -0.2) is 47.5 Å². The number of carboxylic acids is 1. The number of amides is 2. The fourth-order valence-electron chi connectivity index (χ4n) is 1.93. The van der Waals surface area contributed by atoms with Crippen LogP contribution >= 0.6 is 0 Å². The van der Waals surface area contributed by atoms with Crippen LogP contribution in [0.3, 0.4) is 0 Å². The molecule has 1 aliphatic heterocycles. The number of benzene rings is 1. The molecule has 7 heteroatoms. The molecule has 2 N–H and O–H groups in total. The predicted octanol–water partition coefficient (Wildman–Crippen LogP) is 0.709. The predicted molar refractivity (Wildman–Crippen MR) is 74.0 cm³/mol. The van der Waals surface area contributed by atoms with Gasteiger partial charge >= 0.3 is 5.97 Å². The third-order valence-corrected chi connectivity index (χ3v) is 3.15. The van der Waals surface area contributed by atoms with Crippen LogP contribution in [0.4, 0.5) is 5.69 Å². The minimum absolute atomic E-state index is 0.0963. The lowest BCUT2D eigenvalue weighted by Gasteiger charge is -2.26. The molecule has 0 radical (unpaired) electrons. The van der Waals surface area contributed by atoms with Crippen molar-refractivity contribution >= 4 is 23.5 Å². The molecule has 0 fully saturated rings. The normalized spacial score (nSPS) is 16.4. The molecular weight excluding hydrogens is 276 g/mol. The van der Waals surface area contributed by atoms with Crippen LogP contribution in [0.25, 0.3) is 0 Å². The molecule has 112 valence electrons. The van der Waals surface area contributed by atoms with E-state index >= 15 is 0 Å². The van der Waals surface area contributed by atoms with Gasteiger partial charge in [0.25, 0.3) is 5.91 Å². The topological polar surface area (TPSA) is 95.9 Å². The standard InChI is InChI=1S/C14H16N2O5/c1-16(7-6-13(18)19)12(17)8-11-14(20)15-9-4-2-3-5-10(9)21-11/h2-5,11H,6-8H2,1H3,(H,15,20)(H,18,19). The molecule has 1 unspecified atom stereocenters. The zero-order valence-electron chi connectivity index (χ0n) is 11.5. The van der Waals surface area contributed by atoms with Gasteiger partial charge in [-0.1, -0.05) is 12.1 Å². The summed E-state index contributed by atoms with van der Waals surface area (Å²) in [7, 11) is 1.50. The van der Waals surface area contributed by atoms with E-state index in [1.54, 1.807) is 24.3 Å². The lowest BCUT2D eigenvalue weighted by atomic mass is 10.1. The molecule has 1 atom stereocenters. The molecule has 1 aromatic rings. The maximum absolute atomic E-state index is 12.0. The van der Waals surface area contributed by atoms with Gasteiger partial charge in [0.1, 0.15) is 5.75 Å². The van der Waals surface area contributed by atoms with Gasteiger partial charge in [-0.3, -0.25) is 14.4 Å². The number of carbonyl (C=O) groups excluding carboxylic acids is 2. The molecule has 2 amide bonds. The summed E-state index contributed by atoms with van der Waals surface area (Å²) in [6, 6.07) is 6.96. The molecule has 1 aromatic carbocycles. The first-order valence-electron chi connectivity index (χ1n) is 6.49. The zero-order chi connectivity index (χ0) is 15.4. The van der Waals surface area contributed by atoms with Gasteiger partial charge in [0.2, 0.25) is 5.91 Å². The van der Waals surface area contributed by atoms with Crippen LogP contribution in [0, 0.1) is 0 Å². The highest BCUT2D eigenvalue weighted by atomic mass is 16.5. The number of carbonyl (C=O) groups is 3. The minimum Gasteiger partial charge on any atom is -0.481 e. The number of hydrogen-bond acceptors (Lipinski definition) is 4. The van der Waals surface area contributed by atoms with Crippen LogP contribution in [0.1, 0.15) is 12.8 Å². The van der Waals surface area contributed by atoms with Crippen molar-refractivity contribution in [3.63, 3.8) is 0 Å². The van der Waals surface area contributed by atoms with E-state index < -0.39 is 12.1 Å². The molecule has 0 bridgehead atoms. The van der Waals surface area contributed by atoms with E-state index in [-0.39, 0.29) is 31.2 Å². The van der Waals surface area contributed by atoms with Gasteiger partial charge in [-0.2, -0.15) is 0 Å². The van der Waals surface area contributed by atoms with Crippen molar-refractivity contribution in [2.45, 2.75) is 18.9 Å². The summed E-state index contributed by atoms with van der Waals surface area (Å²) in [5.74, 6) is -1.18. The highest BCUT2D eigenvalue weighted by molar-refractivity contribution is 5.99. The molecule has 2 rings (SSSR count). The number of nitrogens with zero attached hydrogens (tertiary/aromatic N) is 1. The van der Waals surface area contributed by atoms with Crippen molar-refractivity contribution in [1.29, 1.82) is 0 Å². The van der Waals surface area contributed by atoms with Gasteiger partial charge in [0.15, 0.2) is 6.10 Å². The highest BCUT2D eigenvalue weighted by Crippen LogP contribution is 2.29. The zero-order valence-corrected chi connectivity index (χ0v) is 11.5. The Morgan fingerprint density at radius 3 is 2.81 bits per heavy atom. The summed E-state index contributed by atoms with van der Waals surface area (Å²) in [6.07, 6.45) is -1.17. The van der Waals surface area contributed by atoms with Crippen molar-refractivity contribution in [3.8, 4) is 5.75 Å². The Morgan fingerprint density at radius 1 is 1.38 bits per heavy atom. The fourth-order valence-corrected chi connectivity index (χ4v) is 1.93. The number of rotatable bonds is 5. The number of para-hydroxylation sites is 2. The number of aliphatic carboxylic acids is 1. The second kappa shape index (κ2) is 6.25. The third-order valence-electron chi connectivity index (χ3n) is 3.15. The number of fused-ring (bicyclic) bond motifs is 1. The lowest BCUT2D eigenvalue weighted by molar-refractivity contribution is -0.139. The molecule has 0 spiro atoms. The third kappa shape index (κ3) is 3.71. The maximum Gasteiger partial charge on any atom is 0.305 e. The number of ether oxygens (including phenoxy) is 1. The monoisotopic (exact) mass is 292 g/mol. The van der Waals surface area contributed by atoms with E-state index in [2.05, 4.69) is 5.32 Å². The van der Waals surface area contributed by atoms with Gasteiger partial charge < -0.3 is 20.1 Å².